The average Bonchev–Trinajstić information content (AvgIpc) is 3.02. The highest BCUT2D eigenvalue weighted by atomic mass is 35.5. The van der Waals surface area contributed by atoms with Crippen molar-refractivity contribution < 1.29 is 18.8 Å². The summed E-state index contributed by atoms with van der Waals surface area (Å²) in [5.74, 6) is 0.140. The van der Waals surface area contributed by atoms with Gasteiger partial charge in [-0.15, -0.1) is 0 Å². The zero-order valence-corrected chi connectivity index (χ0v) is 16.9. The van der Waals surface area contributed by atoms with Crippen LogP contribution in [0.5, 0.6) is 0 Å². The topological polar surface area (TPSA) is 75.9 Å². The molecule has 0 atom stereocenters. The maximum Gasteiger partial charge on any atom is 0.306 e. The fourth-order valence-corrected chi connectivity index (χ4v) is 3.46. The van der Waals surface area contributed by atoms with Gasteiger partial charge in [0, 0.05) is 48.9 Å². The Hall–Kier alpha value is -2.54. The van der Waals surface area contributed by atoms with E-state index in [0.717, 1.165) is 16.9 Å². The van der Waals surface area contributed by atoms with E-state index in [2.05, 4.69) is 10.1 Å². The maximum absolute atomic E-state index is 12.3. The van der Waals surface area contributed by atoms with Gasteiger partial charge in [0.2, 0.25) is 0 Å². The Labute approximate surface area is 169 Å². The summed E-state index contributed by atoms with van der Waals surface area (Å²) in [5, 5.41) is 4.56. The van der Waals surface area contributed by atoms with Crippen LogP contribution in [-0.2, 0) is 20.7 Å². The molecule has 1 aliphatic rings. The number of hydrogen-bond donors (Lipinski definition) is 0. The summed E-state index contributed by atoms with van der Waals surface area (Å²) in [7, 11) is 0. The Kier molecular flexibility index (Phi) is 6.57. The first-order chi connectivity index (χ1) is 13.4. The van der Waals surface area contributed by atoms with Gasteiger partial charge in [-0.3, -0.25) is 9.59 Å². The quantitative estimate of drug-likeness (QED) is 0.688. The van der Waals surface area contributed by atoms with Crippen LogP contribution < -0.4 is 4.90 Å². The number of halogens is 1. The molecule has 8 heteroatoms. The van der Waals surface area contributed by atoms with Gasteiger partial charge in [0.25, 0.3) is 5.91 Å². The van der Waals surface area contributed by atoms with E-state index in [9.17, 15) is 9.59 Å². The van der Waals surface area contributed by atoms with Gasteiger partial charge in [-0.2, -0.15) is 0 Å². The van der Waals surface area contributed by atoms with Gasteiger partial charge in [-0.1, -0.05) is 22.8 Å². The van der Waals surface area contributed by atoms with E-state index in [1.165, 1.54) is 0 Å². The number of anilines is 1. The second-order valence-electron chi connectivity index (χ2n) is 6.81. The molecule has 0 spiro atoms. The first-order valence-electron chi connectivity index (χ1n) is 9.29. The molecule has 28 heavy (non-hydrogen) atoms. The third-order valence-electron chi connectivity index (χ3n) is 4.92. The highest BCUT2D eigenvalue weighted by molar-refractivity contribution is 6.30. The lowest BCUT2D eigenvalue weighted by Crippen LogP contribution is -2.49. The molecular formula is C20H24ClN3O4. The predicted molar refractivity (Wildman–Crippen MR) is 106 cm³/mol. The van der Waals surface area contributed by atoms with Crippen LogP contribution in [0.25, 0.3) is 0 Å². The molecule has 0 unspecified atom stereocenters. The summed E-state index contributed by atoms with van der Waals surface area (Å²) in [4.78, 5) is 28.2. The molecule has 0 bridgehead atoms. The van der Waals surface area contributed by atoms with Crippen molar-refractivity contribution in [3.8, 4) is 0 Å². The summed E-state index contributed by atoms with van der Waals surface area (Å²) in [5.41, 5.74) is 2.74. The van der Waals surface area contributed by atoms with Crippen LogP contribution in [0.3, 0.4) is 0 Å². The van der Waals surface area contributed by atoms with Crippen LogP contribution in [-0.4, -0.2) is 54.7 Å². The summed E-state index contributed by atoms with van der Waals surface area (Å²) < 4.78 is 10.2. The second kappa shape index (κ2) is 9.10. The Balaban J connectivity index is 1.40. The fourth-order valence-electron chi connectivity index (χ4n) is 3.28. The molecule has 3 rings (SSSR count). The van der Waals surface area contributed by atoms with E-state index in [1.54, 1.807) is 4.90 Å². The van der Waals surface area contributed by atoms with E-state index in [4.69, 9.17) is 20.9 Å². The molecule has 1 fully saturated rings. The van der Waals surface area contributed by atoms with E-state index < -0.39 is 5.97 Å². The number of aromatic nitrogens is 1. The monoisotopic (exact) mass is 405 g/mol. The van der Waals surface area contributed by atoms with Crippen molar-refractivity contribution in [2.45, 2.75) is 26.7 Å². The highest BCUT2D eigenvalue weighted by Crippen LogP contribution is 2.21. The first-order valence-corrected chi connectivity index (χ1v) is 9.67. The number of nitrogens with zero attached hydrogens (tertiary/aromatic N) is 3. The molecule has 2 aromatic rings. The minimum absolute atomic E-state index is 0.170. The number of aryl methyl sites for hydroxylation is 2. The van der Waals surface area contributed by atoms with Crippen LogP contribution in [0.2, 0.25) is 5.02 Å². The number of esters is 1. The van der Waals surface area contributed by atoms with Crippen molar-refractivity contribution in [1.29, 1.82) is 0 Å². The molecule has 0 N–H and O–H groups in total. The lowest BCUT2D eigenvalue weighted by Gasteiger charge is -2.36. The molecule has 1 saturated heterocycles. The molecule has 150 valence electrons. The minimum Gasteiger partial charge on any atom is -0.456 e. The molecule has 2 heterocycles. The SMILES string of the molecule is Cc1noc(C)c1CCC(=O)OCC(=O)N1CCN(c2cccc(Cl)c2)CC1. The van der Waals surface area contributed by atoms with E-state index in [0.29, 0.717) is 43.4 Å². The van der Waals surface area contributed by atoms with Crippen molar-refractivity contribution >= 4 is 29.2 Å². The first kappa shape index (κ1) is 20.2. The zero-order chi connectivity index (χ0) is 20.1. The van der Waals surface area contributed by atoms with E-state index in [1.807, 2.05) is 38.1 Å². The highest BCUT2D eigenvalue weighted by Gasteiger charge is 2.22. The lowest BCUT2D eigenvalue weighted by molar-refractivity contribution is -0.152. The number of hydrogen-bond acceptors (Lipinski definition) is 6. The molecule has 1 amide bonds. The number of benzene rings is 1. The molecule has 1 aromatic carbocycles. The van der Waals surface area contributed by atoms with Gasteiger partial charge >= 0.3 is 5.97 Å². The molecule has 7 nitrogen and oxygen atoms in total. The number of ether oxygens (including phenoxy) is 1. The van der Waals surface area contributed by atoms with Crippen LogP contribution >= 0.6 is 11.6 Å². The van der Waals surface area contributed by atoms with Gasteiger partial charge in [0.15, 0.2) is 6.61 Å². The van der Waals surface area contributed by atoms with Crippen molar-refractivity contribution in [1.82, 2.24) is 10.1 Å². The summed E-state index contributed by atoms with van der Waals surface area (Å²) >= 11 is 6.04. The Bertz CT molecular complexity index is 824. The summed E-state index contributed by atoms with van der Waals surface area (Å²) in [6.45, 7) is 6.02. The van der Waals surface area contributed by atoms with E-state index >= 15 is 0 Å². The van der Waals surface area contributed by atoms with Gasteiger partial charge in [0.05, 0.1) is 5.69 Å². The maximum atomic E-state index is 12.3. The van der Waals surface area contributed by atoms with Crippen LogP contribution in [0.4, 0.5) is 5.69 Å². The van der Waals surface area contributed by atoms with Crippen LogP contribution in [0.1, 0.15) is 23.4 Å². The van der Waals surface area contributed by atoms with Gasteiger partial charge in [-0.25, -0.2) is 0 Å². The number of carbonyl (C=O) groups excluding carboxylic acids is 2. The largest absolute Gasteiger partial charge is 0.456 e. The third kappa shape index (κ3) is 5.04. The molecular weight excluding hydrogens is 382 g/mol. The molecule has 1 aromatic heterocycles. The van der Waals surface area contributed by atoms with Gasteiger partial charge in [0.1, 0.15) is 5.76 Å². The summed E-state index contributed by atoms with van der Waals surface area (Å²) in [6, 6.07) is 7.67. The fraction of sp³-hybridized carbons (Fsp3) is 0.450. The lowest BCUT2D eigenvalue weighted by atomic mass is 10.1. The average molecular weight is 406 g/mol. The summed E-state index contributed by atoms with van der Waals surface area (Å²) in [6.07, 6.45) is 0.686. The minimum atomic E-state index is -0.397. The zero-order valence-electron chi connectivity index (χ0n) is 16.1. The van der Waals surface area contributed by atoms with E-state index in [-0.39, 0.29) is 18.9 Å². The number of rotatable bonds is 6. The predicted octanol–water partition coefficient (Wildman–Crippen LogP) is 2.77. The van der Waals surface area contributed by atoms with Gasteiger partial charge < -0.3 is 19.1 Å². The van der Waals surface area contributed by atoms with Crippen molar-refractivity contribution in [3.05, 3.63) is 46.3 Å². The molecule has 0 radical (unpaired) electrons. The Morgan fingerprint density at radius 2 is 1.96 bits per heavy atom. The Morgan fingerprint density at radius 1 is 1.21 bits per heavy atom. The van der Waals surface area contributed by atoms with Crippen molar-refractivity contribution in [3.63, 3.8) is 0 Å². The number of carbonyl (C=O) groups is 2. The molecule has 0 aliphatic carbocycles. The van der Waals surface area contributed by atoms with Crippen LogP contribution in [0.15, 0.2) is 28.8 Å². The molecule has 0 saturated carbocycles. The smallest absolute Gasteiger partial charge is 0.306 e. The normalized spacial score (nSPS) is 14.2. The third-order valence-corrected chi connectivity index (χ3v) is 5.16. The van der Waals surface area contributed by atoms with Crippen LogP contribution in [0, 0.1) is 13.8 Å². The second-order valence-corrected chi connectivity index (χ2v) is 7.25. The van der Waals surface area contributed by atoms with Crippen molar-refractivity contribution in [2.75, 3.05) is 37.7 Å². The Morgan fingerprint density at radius 3 is 2.61 bits per heavy atom. The van der Waals surface area contributed by atoms with Gasteiger partial charge in [-0.05, 0) is 38.5 Å². The van der Waals surface area contributed by atoms with Crippen molar-refractivity contribution in [2.24, 2.45) is 0 Å². The standard InChI is InChI=1S/C20H24ClN3O4/c1-14-18(15(2)28-22-14)6-7-20(26)27-13-19(25)24-10-8-23(9-11-24)17-5-3-4-16(21)12-17/h3-5,12H,6-11,13H2,1-2H3. The number of amides is 1. The molecule has 1 aliphatic heterocycles. The number of piperazine rings is 1.